The lowest BCUT2D eigenvalue weighted by atomic mass is 9.98. The zero-order chi connectivity index (χ0) is 20.4. The Morgan fingerprint density at radius 1 is 1.21 bits per heavy atom. The quantitative estimate of drug-likeness (QED) is 0.651. The normalized spacial score (nSPS) is 25.2. The first-order valence-corrected chi connectivity index (χ1v) is 11.7. The fourth-order valence-electron chi connectivity index (χ4n) is 3.63. The zero-order valence-corrected chi connectivity index (χ0v) is 17.5. The van der Waals surface area contributed by atoms with E-state index in [4.69, 9.17) is 16.3 Å². The summed E-state index contributed by atoms with van der Waals surface area (Å²) in [5, 5.41) is 18.6. The van der Waals surface area contributed by atoms with Crippen LogP contribution in [0.4, 0.5) is 0 Å². The molecule has 10 heteroatoms. The summed E-state index contributed by atoms with van der Waals surface area (Å²) in [5.41, 5.74) is 1.06. The first-order valence-electron chi connectivity index (χ1n) is 9.89. The van der Waals surface area contributed by atoms with E-state index in [0.29, 0.717) is 30.3 Å². The van der Waals surface area contributed by atoms with E-state index in [1.54, 1.807) is 0 Å². The van der Waals surface area contributed by atoms with Crippen molar-refractivity contribution in [2.24, 2.45) is 0 Å². The highest BCUT2D eigenvalue weighted by atomic mass is 35.5. The molecule has 0 bridgehead atoms. The van der Waals surface area contributed by atoms with E-state index in [9.17, 15) is 13.5 Å². The van der Waals surface area contributed by atoms with E-state index in [0.717, 1.165) is 12.1 Å². The number of sulfonamides is 1. The summed E-state index contributed by atoms with van der Waals surface area (Å²) >= 11 is 5.83. The number of rotatable bonds is 8. The van der Waals surface area contributed by atoms with Crippen molar-refractivity contribution in [1.29, 1.82) is 0 Å². The number of aliphatic hydroxyl groups is 1. The molecule has 158 valence electrons. The number of nitrogens with zero attached hydrogens (tertiary/aromatic N) is 3. The molecule has 2 aromatic rings. The van der Waals surface area contributed by atoms with Gasteiger partial charge in [-0.1, -0.05) is 16.8 Å². The van der Waals surface area contributed by atoms with Gasteiger partial charge >= 0.3 is 0 Å². The Balaban J connectivity index is 1.32. The summed E-state index contributed by atoms with van der Waals surface area (Å²) in [6.45, 7) is 0.434. The third kappa shape index (κ3) is 5.16. The van der Waals surface area contributed by atoms with Crippen LogP contribution in [-0.2, 0) is 21.3 Å². The van der Waals surface area contributed by atoms with Gasteiger partial charge in [-0.05, 0) is 56.4 Å². The molecule has 1 aliphatic heterocycles. The number of benzene rings is 1. The SMILES string of the molecule is O=S(=O)(N[C@H]1CC[C@@H](CCn2cc(C3CC3)nn2)O[C@H]1CO)c1ccc(Cl)cc1. The molecule has 2 aliphatic rings. The maximum atomic E-state index is 12.6. The van der Waals surface area contributed by atoms with Gasteiger partial charge in [0.15, 0.2) is 0 Å². The van der Waals surface area contributed by atoms with E-state index in [2.05, 4.69) is 15.0 Å². The van der Waals surface area contributed by atoms with Gasteiger partial charge < -0.3 is 9.84 Å². The van der Waals surface area contributed by atoms with Gasteiger partial charge in [-0.3, -0.25) is 4.68 Å². The van der Waals surface area contributed by atoms with Gasteiger partial charge in [0.25, 0.3) is 0 Å². The molecule has 0 spiro atoms. The number of hydrogen-bond acceptors (Lipinski definition) is 6. The molecule has 1 aromatic carbocycles. The second-order valence-electron chi connectivity index (χ2n) is 7.71. The van der Waals surface area contributed by atoms with Crippen LogP contribution in [0.25, 0.3) is 0 Å². The molecule has 1 aromatic heterocycles. The van der Waals surface area contributed by atoms with Crippen molar-refractivity contribution in [1.82, 2.24) is 19.7 Å². The van der Waals surface area contributed by atoms with Crippen LogP contribution in [0, 0.1) is 0 Å². The van der Waals surface area contributed by atoms with Crippen molar-refractivity contribution in [3.8, 4) is 0 Å². The highest BCUT2D eigenvalue weighted by Crippen LogP contribution is 2.38. The summed E-state index contributed by atoms with van der Waals surface area (Å²) in [7, 11) is -3.71. The van der Waals surface area contributed by atoms with Crippen LogP contribution < -0.4 is 4.72 Å². The fraction of sp³-hybridized carbons (Fsp3) is 0.579. The summed E-state index contributed by atoms with van der Waals surface area (Å²) in [6.07, 6.45) is 5.76. The Kier molecular flexibility index (Phi) is 6.21. The van der Waals surface area contributed by atoms with Gasteiger partial charge in [0.05, 0.1) is 35.4 Å². The summed E-state index contributed by atoms with van der Waals surface area (Å²) in [5.74, 6) is 0.572. The lowest BCUT2D eigenvalue weighted by Crippen LogP contribution is -2.50. The molecule has 2 N–H and O–H groups in total. The van der Waals surface area contributed by atoms with Gasteiger partial charge in [0, 0.05) is 23.7 Å². The number of hydrogen-bond donors (Lipinski definition) is 2. The van der Waals surface area contributed by atoms with Crippen molar-refractivity contribution in [3.05, 3.63) is 41.2 Å². The second-order valence-corrected chi connectivity index (χ2v) is 9.86. The average Bonchev–Trinajstić information content (AvgIpc) is 3.45. The number of aromatic nitrogens is 3. The van der Waals surface area contributed by atoms with E-state index < -0.39 is 22.2 Å². The topological polar surface area (TPSA) is 106 Å². The third-order valence-corrected chi connectivity index (χ3v) is 7.22. The van der Waals surface area contributed by atoms with Crippen LogP contribution in [0.2, 0.25) is 5.02 Å². The predicted octanol–water partition coefficient (Wildman–Crippen LogP) is 2.09. The maximum Gasteiger partial charge on any atom is 0.240 e. The van der Waals surface area contributed by atoms with Crippen molar-refractivity contribution in [2.45, 2.75) is 67.7 Å². The van der Waals surface area contributed by atoms with Crippen LogP contribution >= 0.6 is 11.6 Å². The Morgan fingerprint density at radius 3 is 2.66 bits per heavy atom. The standard InChI is InChI=1S/C19H25ClN4O4S/c20-14-3-6-16(7-4-14)29(26,27)22-17-8-5-15(28-19(17)12-25)9-10-24-11-18(21-23-24)13-1-2-13/h3-4,6-7,11,13,15,17,19,22,25H,1-2,5,8-10,12H2/t15-,17-,19-/m0/s1. The molecule has 0 unspecified atom stereocenters. The van der Waals surface area contributed by atoms with Crippen LogP contribution in [0.3, 0.4) is 0 Å². The van der Waals surface area contributed by atoms with Crippen LogP contribution in [0.5, 0.6) is 0 Å². The van der Waals surface area contributed by atoms with Gasteiger partial charge in [-0.15, -0.1) is 5.10 Å². The molecule has 2 heterocycles. The number of halogens is 1. The zero-order valence-electron chi connectivity index (χ0n) is 15.9. The molecule has 1 saturated heterocycles. The van der Waals surface area contributed by atoms with Crippen molar-refractivity contribution in [3.63, 3.8) is 0 Å². The number of aliphatic hydroxyl groups excluding tert-OH is 1. The third-order valence-electron chi connectivity index (χ3n) is 5.46. The average molecular weight is 441 g/mol. The molecule has 2 fully saturated rings. The predicted molar refractivity (Wildman–Crippen MR) is 107 cm³/mol. The minimum absolute atomic E-state index is 0.0583. The van der Waals surface area contributed by atoms with Crippen molar-refractivity contribution >= 4 is 21.6 Å². The van der Waals surface area contributed by atoms with Crippen LogP contribution in [0.15, 0.2) is 35.4 Å². The van der Waals surface area contributed by atoms with E-state index in [-0.39, 0.29) is 17.6 Å². The summed E-state index contributed by atoms with van der Waals surface area (Å²) < 4.78 is 35.7. The van der Waals surface area contributed by atoms with Crippen molar-refractivity contribution in [2.75, 3.05) is 6.61 Å². The second kappa shape index (κ2) is 8.69. The van der Waals surface area contributed by atoms with Crippen LogP contribution in [0.1, 0.15) is 43.7 Å². The Hall–Kier alpha value is -1.52. The Labute approximate surface area is 175 Å². The maximum absolute atomic E-state index is 12.6. The van der Waals surface area contributed by atoms with E-state index in [1.807, 2.05) is 10.9 Å². The summed E-state index contributed by atoms with van der Waals surface area (Å²) in [4.78, 5) is 0.137. The Morgan fingerprint density at radius 2 is 1.97 bits per heavy atom. The first-order chi connectivity index (χ1) is 13.9. The molecular formula is C19H25ClN4O4S. The minimum Gasteiger partial charge on any atom is -0.394 e. The number of nitrogens with one attached hydrogen (secondary N) is 1. The first kappa shape index (κ1) is 20.7. The number of ether oxygens (including phenoxy) is 1. The lowest BCUT2D eigenvalue weighted by molar-refractivity contribution is -0.0891. The Bertz CT molecular complexity index is 930. The largest absolute Gasteiger partial charge is 0.394 e. The molecule has 3 atom stereocenters. The molecular weight excluding hydrogens is 416 g/mol. The smallest absolute Gasteiger partial charge is 0.240 e. The highest BCUT2D eigenvalue weighted by molar-refractivity contribution is 7.89. The van der Waals surface area contributed by atoms with Crippen LogP contribution in [-0.4, -0.2) is 53.4 Å². The van der Waals surface area contributed by atoms with Crippen molar-refractivity contribution < 1.29 is 18.3 Å². The molecule has 0 radical (unpaired) electrons. The number of aryl methyl sites for hydroxylation is 1. The monoisotopic (exact) mass is 440 g/mol. The summed E-state index contributed by atoms with van der Waals surface area (Å²) in [6, 6.07) is 5.50. The van der Waals surface area contributed by atoms with E-state index >= 15 is 0 Å². The van der Waals surface area contributed by atoms with Gasteiger partial charge in [-0.2, -0.15) is 0 Å². The molecule has 1 aliphatic carbocycles. The molecule has 29 heavy (non-hydrogen) atoms. The highest BCUT2D eigenvalue weighted by Gasteiger charge is 2.34. The minimum atomic E-state index is -3.71. The van der Waals surface area contributed by atoms with Gasteiger partial charge in [0.1, 0.15) is 0 Å². The van der Waals surface area contributed by atoms with Gasteiger partial charge in [-0.25, -0.2) is 13.1 Å². The molecule has 1 saturated carbocycles. The van der Waals surface area contributed by atoms with E-state index in [1.165, 1.54) is 37.1 Å². The van der Waals surface area contributed by atoms with Gasteiger partial charge in [0.2, 0.25) is 10.0 Å². The fourth-order valence-corrected chi connectivity index (χ4v) is 5.05. The molecule has 4 rings (SSSR count). The lowest BCUT2D eigenvalue weighted by Gasteiger charge is -2.36. The molecule has 8 nitrogen and oxygen atoms in total. The molecule has 0 amide bonds.